The number of anilines is 5. The molecule has 0 atom stereocenters. The Morgan fingerprint density at radius 3 is 1.98 bits per heavy atom. The predicted octanol–water partition coefficient (Wildman–Crippen LogP) is 5.16. The van der Waals surface area contributed by atoms with Gasteiger partial charge in [0.1, 0.15) is 17.2 Å². The second-order valence-electron chi connectivity index (χ2n) is 9.89. The topological polar surface area (TPSA) is 136 Å². The van der Waals surface area contributed by atoms with Gasteiger partial charge in [0.25, 0.3) is 5.91 Å². The van der Waals surface area contributed by atoms with Crippen molar-refractivity contribution >= 4 is 35.1 Å². The highest BCUT2D eigenvalue weighted by Gasteiger charge is 2.31. The number of halogens is 3. The van der Waals surface area contributed by atoms with Crippen molar-refractivity contribution in [2.75, 3.05) is 46.6 Å². The van der Waals surface area contributed by atoms with E-state index in [9.17, 15) is 28.2 Å². The number of benzene rings is 2. The normalized spacial score (nSPS) is 15.9. The smallest absolute Gasteiger partial charge is 0.507 e. The van der Waals surface area contributed by atoms with Crippen LogP contribution in [0.1, 0.15) is 48.9 Å². The highest BCUT2D eigenvalue weighted by atomic mass is 19.4. The summed E-state index contributed by atoms with van der Waals surface area (Å²) in [5, 5.41) is 26.1. The molecule has 218 valence electrons. The van der Waals surface area contributed by atoms with Gasteiger partial charge in [0.15, 0.2) is 0 Å². The van der Waals surface area contributed by atoms with Crippen molar-refractivity contribution in [3.8, 4) is 17.2 Å². The lowest BCUT2D eigenvalue weighted by Gasteiger charge is -2.30. The van der Waals surface area contributed by atoms with E-state index < -0.39 is 29.3 Å². The minimum Gasteiger partial charge on any atom is -0.507 e. The Balaban J connectivity index is 1.34. The monoisotopic (exact) mass is 573 g/mol. The first-order valence-electron chi connectivity index (χ1n) is 13.4. The van der Waals surface area contributed by atoms with Gasteiger partial charge < -0.3 is 35.4 Å². The molecule has 0 unspecified atom stereocenters. The molecule has 2 aromatic carbocycles. The SMILES string of the molecule is O=C(Nc1ccc(Nc2nc(N3CCCCC3)nc(N3CCCCC3)n2)cc1O)c1cc(OC(F)(F)F)ccc1O. The molecule has 0 bridgehead atoms. The molecule has 41 heavy (non-hydrogen) atoms. The minimum atomic E-state index is -4.96. The summed E-state index contributed by atoms with van der Waals surface area (Å²) in [6, 6.07) is 6.87. The molecule has 4 N–H and O–H groups in total. The van der Waals surface area contributed by atoms with Crippen LogP contribution in [0.5, 0.6) is 17.2 Å². The van der Waals surface area contributed by atoms with Crippen LogP contribution < -0.4 is 25.2 Å². The van der Waals surface area contributed by atoms with Crippen LogP contribution in [0.4, 0.5) is 42.4 Å². The number of nitrogens with zero attached hydrogens (tertiary/aromatic N) is 5. The summed E-state index contributed by atoms with van der Waals surface area (Å²) < 4.78 is 41.5. The summed E-state index contributed by atoms with van der Waals surface area (Å²) in [6.45, 7) is 3.44. The summed E-state index contributed by atoms with van der Waals surface area (Å²) in [6.07, 6.45) is 1.61. The van der Waals surface area contributed by atoms with Gasteiger partial charge >= 0.3 is 6.36 Å². The summed E-state index contributed by atoms with van der Waals surface area (Å²) in [5.74, 6) is -1.01. The molecule has 2 aliphatic rings. The summed E-state index contributed by atoms with van der Waals surface area (Å²) in [5.41, 5.74) is -0.0564. The van der Waals surface area contributed by atoms with Crippen LogP contribution >= 0.6 is 0 Å². The number of phenols is 2. The van der Waals surface area contributed by atoms with E-state index in [1.807, 2.05) is 0 Å². The average molecular weight is 574 g/mol. The van der Waals surface area contributed by atoms with E-state index in [1.54, 1.807) is 6.07 Å². The number of aromatic nitrogens is 3. The van der Waals surface area contributed by atoms with Gasteiger partial charge in [-0.3, -0.25) is 4.79 Å². The summed E-state index contributed by atoms with van der Waals surface area (Å²) in [7, 11) is 0. The Hall–Kier alpha value is -4.49. The molecule has 2 saturated heterocycles. The van der Waals surface area contributed by atoms with Crippen LogP contribution in [0, 0.1) is 0 Å². The molecule has 1 amide bonds. The van der Waals surface area contributed by atoms with Crippen molar-refractivity contribution in [2.24, 2.45) is 0 Å². The molecular weight excluding hydrogens is 543 g/mol. The maximum atomic E-state index is 12.7. The number of hydrogen-bond acceptors (Lipinski definition) is 10. The van der Waals surface area contributed by atoms with Gasteiger partial charge in [0.2, 0.25) is 17.8 Å². The van der Waals surface area contributed by atoms with Crippen molar-refractivity contribution in [3.05, 3.63) is 42.0 Å². The highest BCUT2D eigenvalue weighted by molar-refractivity contribution is 6.07. The number of amides is 1. The van der Waals surface area contributed by atoms with Gasteiger partial charge in [-0.2, -0.15) is 15.0 Å². The average Bonchev–Trinajstić information content (AvgIpc) is 2.95. The Kier molecular flexibility index (Phi) is 8.17. The quantitative estimate of drug-likeness (QED) is 0.281. The van der Waals surface area contributed by atoms with Crippen molar-refractivity contribution in [1.29, 1.82) is 0 Å². The lowest BCUT2D eigenvalue weighted by atomic mass is 10.1. The van der Waals surface area contributed by atoms with Crippen molar-refractivity contribution in [3.63, 3.8) is 0 Å². The van der Waals surface area contributed by atoms with E-state index in [0.29, 0.717) is 23.5 Å². The van der Waals surface area contributed by atoms with Crippen molar-refractivity contribution in [2.45, 2.75) is 44.9 Å². The molecule has 2 fully saturated rings. The Morgan fingerprint density at radius 1 is 0.805 bits per heavy atom. The maximum Gasteiger partial charge on any atom is 0.573 e. The van der Waals surface area contributed by atoms with Crippen molar-refractivity contribution in [1.82, 2.24) is 15.0 Å². The van der Waals surface area contributed by atoms with Crippen LogP contribution in [0.2, 0.25) is 0 Å². The summed E-state index contributed by atoms with van der Waals surface area (Å²) in [4.78, 5) is 31.0. The first kappa shape index (κ1) is 28.1. The number of aromatic hydroxyl groups is 2. The lowest BCUT2D eigenvalue weighted by Crippen LogP contribution is -2.34. The molecule has 1 aromatic heterocycles. The number of carbonyl (C=O) groups excluding carboxylic acids is 1. The third kappa shape index (κ3) is 7.18. The van der Waals surface area contributed by atoms with Crippen LogP contribution in [0.3, 0.4) is 0 Å². The molecule has 0 saturated carbocycles. The Labute approximate surface area is 234 Å². The van der Waals surface area contributed by atoms with Crippen molar-refractivity contribution < 1.29 is 32.9 Å². The van der Waals surface area contributed by atoms with E-state index >= 15 is 0 Å². The van der Waals surface area contributed by atoms with Crippen LogP contribution in [0.15, 0.2) is 36.4 Å². The van der Waals surface area contributed by atoms with Gasteiger partial charge in [0.05, 0.1) is 11.3 Å². The fourth-order valence-corrected chi connectivity index (χ4v) is 4.81. The number of piperidine rings is 2. The molecule has 0 radical (unpaired) electrons. The number of phenolic OH excluding ortho intramolecular Hbond substituents is 2. The van der Waals surface area contributed by atoms with E-state index in [0.717, 1.165) is 70.1 Å². The molecular formula is C27H30F3N7O4. The van der Waals surface area contributed by atoms with Gasteiger partial charge in [-0.1, -0.05) is 0 Å². The van der Waals surface area contributed by atoms with Gasteiger partial charge in [0, 0.05) is 37.9 Å². The lowest BCUT2D eigenvalue weighted by molar-refractivity contribution is -0.274. The van der Waals surface area contributed by atoms with Crippen LogP contribution in [-0.2, 0) is 0 Å². The standard InChI is InChI=1S/C27H30F3N7O4/c28-27(29,30)41-18-8-10-21(38)19(16-18)23(40)32-20-9-7-17(15-22(20)39)31-24-33-25(36-11-3-1-4-12-36)35-26(34-24)37-13-5-2-6-14-37/h7-10,15-16,38-39H,1-6,11-14H2,(H,32,40)(H,31,33,34,35). The Bertz CT molecular complexity index is 1360. The molecule has 14 heteroatoms. The zero-order chi connectivity index (χ0) is 29.0. The molecule has 3 heterocycles. The zero-order valence-electron chi connectivity index (χ0n) is 22.1. The third-order valence-corrected chi connectivity index (χ3v) is 6.84. The van der Waals surface area contributed by atoms with E-state index in [4.69, 9.17) is 4.98 Å². The van der Waals surface area contributed by atoms with Crippen LogP contribution in [-0.4, -0.2) is 63.6 Å². The molecule has 3 aromatic rings. The second kappa shape index (κ2) is 11.9. The largest absolute Gasteiger partial charge is 0.573 e. The summed E-state index contributed by atoms with van der Waals surface area (Å²) >= 11 is 0. The highest BCUT2D eigenvalue weighted by Crippen LogP contribution is 2.32. The number of rotatable bonds is 7. The molecule has 0 spiro atoms. The molecule has 11 nitrogen and oxygen atoms in total. The number of nitrogens with one attached hydrogen (secondary N) is 2. The minimum absolute atomic E-state index is 0.0271. The number of ether oxygens (including phenoxy) is 1. The predicted molar refractivity (Wildman–Crippen MR) is 146 cm³/mol. The molecule has 2 aliphatic heterocycles. The van der Waals surface area contributed by atoms with Gasteiger partial charge in [-0.05, 0) is 68.9 Å². The zero-order valence-corrected chi connectivity index (χ0v) is 22.1. The van der Waals surface area contributed by atoms with E-state index in [-0.39, 0.29) is 11.4 Å². The number of carbonyl (C=O) groups is 1. The molecule has 0 aliphatic carbocycles. The maximum absolute atomic E-state index is 12.7. The first-order chi connectivity index (χ1) is 19.6. The fourth-order valence-electron chi connectivity index (χ4n) is 4.81. The van der Waals surface area contributed by atoms with Gasteiger partial charge in [-0.25, -0.2) is 0 Å². The Morgan fingerprint density at radius 2 is 1.41 bits per heavy atom. The van der Waals surface area contributed by atoms with Crippen LogP contribution in [0.25, 0.3) is 0 Å². The first-order valence-corrected chi connectivity index (χ1v) is 13.4. The van der Waals surface area contributed by atoms with Gasteiger partial charge in [-0.15, -0.1) is 13.2 Å². The molecule has 5 rings (SSSR count). The third-order valence-electron chi connectivity index (χ3n) is 6.84. The number of hydrogen-bond donors (Lipinski definition) is 4. The number of alkyl halides is 3. The fraction of sp³-hybridized carbons (Fsp3) is 0.407. The van der Waals surface area contributed by atoms with E-state index in [2.05, 4.69) is 35.1 Å². The second-order valence-corrected chi connectivity index (χ2v) is 9.89. The van der Waals surface area contributed by atoms with E-state index in [1.165, 1.54) is 25.0 Å².